The number of rotatable bonds is 3. The lowest BCUT2D eigenvalue weighted by molar-refractivity contribution is -0.122. The van der Waals surface area contributed by atoms with Gasteiger partial charge in [0.2, 0.25) is 0 Å². The van der Waals surface area contributed by atoms with Gasteiger partial charge in [0.05, 0.1) is 5.69 Å². The van der Waals surface area contributed by atoms with Gasteiger partial charge in [0.15, 0.2) is 0 Å². The smallest absolute Gasteiger partial charge is 0.335 e. The van der Waals surface area contributed by atoms with Crippen molar-refractivity contribution in [3.05, 3.63) is 64.2 Å². The van der Waals surface area contributed by atoms with Gasteiger partial charge >= 0.3 is 6.03 Å². The predicted molar refractivity (Wildman–Crippen MR) is 162 cm³/mol. The molecule has 41 heavy (non-hydrogen) atoms. The summed E-state index contributed by atoms with van der Waals surface area (Å²) >= 11 is 0. The third-order valence-electron chi connectivity index (χ3n) is 11.2. The SMILES string of the molecule is Cc1cc2c(cc1/C=C1/C(=O)NC(=O)N(c3ccc(C45CC6CC(CC(C6)C4)C5)cc3)C1=O)C(C)CC(C)(C)N2C. The Morgan fingerprint density at radius 1 is 0.902 bits per heavy atom. The molecule has 4 aliphatic carbocycles. The second-order valence-corrected chi connectivity index (χ2v) is 14.4. The minimum absolute atomic E-state index is 0.0186. The highest BCUT2D eigenvalue weighted by Gasteiger charge is 2.51. The van der Waals surface area contributed by atoms with Gasteiger partial charge in [-0.2, -0.15) is 0 Å². The Labute approximate surface area is 243 Å². The Morgan fingerprint density at radius 2 is 1.51 bits per heavy atom. The van der Waals surface area contributed by atoms with E-state index in [1.54, 1.807) is 6.08 Å². The Morgan fingerprint density at radius 3 is 2.12 bits per heavy atom. The molecule has 2 aromatic carbocycles. The maximum atomic E-state index is 13.7. The van der Waals surface area contributed by atoms with Crippen LogP contribution in [0.5, 0.6) is 0 Å². The number of urea groups is 1. The number of imide groups is 2. The minimum atomic E-state index is -0.695. The van der Waals surface area contributed by atoms with Crippen molar-refractivity contribution >= 4 is 35.3 Å². The van der Waals surface area contributed by atoms with Crippen LogP contribution in [0.3, 0.4) is 0 Å². The predicted octanol–water partition coefficient (Wildman–Crippen LogP) is 6.85. The van der Waals surface area contributed by atoms with Gasteiger partial charge < -0.3 is 4.90 Å². The maximum Gasteiger partial charge on any atom is 0.335 e. The van der Waals surface area contributed by atoms with Crippen LogP contribution in [0.2, 0.25) is 0 Å². The standard InChI is InChI=1S/C35H41N3O3/c1-20-10-30-28(21(2)16-34(3,4)37(30)5)14-25(20)15-29-31(39)36-33(41)38(32(29)40)27-8-6-26(7-9-27)35-17-22-11-23(18-35)13-24(12-22)19-35/h6-10,14-15,21-24H,11-13,16-19H2,1-5H3,(H,36,39,41)/b29-15-. The van der Waals surface area contributed by atoms with Crippen molar-refractivity contribution in [1.82, 2.24) is 5.32 Å². The van der Waals surface area contributed by atoms with E-state index >= 15 is 0 Å². The van der Waals surface area contributed by atoms with E-state index in [0.717, 1.165) is 40.2 Å². The molecule has 2 aliphatic heterocycles. The molecule has 2 aromatic rings. The van der Waals surface area contributed by atoms with E-state index in [9.17, 15) is 14.4 Å². The molecule has 0 aromatic heterocycles. The molecular weight excluding hydrogens is 510 g/mol. The van der Waals surface area contributed by atoms with Gasteiger partial charge in [-0.15, -0.1) is 0 Å². The number of barbiturate groups is 1. The number of nitrogens with zero attached hydrogens (tertiary/aromatic N) is 2. The molecule has 6 heteroatoms. The zero-order valence-corrected chi connectivity index (χ0v) is 24.9. The van der Waals surface area contributed by atoms with Gasteiger partial charge in [-0.3, -0.25) is 14.9 Å². The summed E-state index contributed by atoms with van der Waals surface area (Å²) in [4.78, 5) is 43.1. The number of hydrogen-bond donors (Lipinski definition) is 1. The van der Waals surface area contributed by atoms with Crippen LogP contribution >= 0.6 is 0 Å². The monoisotopic (exact) mass is 551 g/mol. The molecule has 4 amide bonds. The van der Waals surface area contributed by atoms with Crippen LogP contribution in [0.25, 0.3) is 6.08 Å². The van der Waals surface area contributed by atoms with Crippen LogP contribution in [-0.4, -0.2) is 30.4 Å². The maximum absolute atomic E-state index is 13.7. The first kappa shape index (κ1) is 26.5. The normalized spacial score (nSPS) is 32.9. The van der Waals surface area contributed by atoms with Gasteiger partial charge in [0.25, 0.3) is 11.8 Å². The van der Waals surface area contributed by atoms with Crippen LogP contribution < -0.4 is 15.1 Å². The molecule has 2 heterocycles. The summed E-state index contributed by atoms with van der Waals surface area (Å²) in [6.45, 7) is 8.74. The molecule has 0 radical (unpaired) electrons. The fraction of sp³-hybridized carbons (Fsp3) is 0.514. The van der Waals surface area contributed by atoms with E-state index in [4.69, 9.17) is 0 Å². The molecule has 6 nitrogen and oxygen atoms in total. The summed E-state index contributed by atoms with van der Waals surface area (Å²) in [5.41, 5.74) is 6.31. The fourth-order valence-corrected chi connectivity index (χ4v) is 9.37. The van der Waals surface area contributed by atoms with Crippen molar-refractivity contribution < 1.29 is 14.4 Å². The number of fused-ring (bicyclic) bond motifs is 1. The Bertz CT molecular complexity index is 1470. The van der Waals surface area contributed by atoms with Crippen LogP contribution in [0.15, 0.2) is 42.0 Å². The quantitative estimate of drug-likeness (QED) is 0.335. The van der Waals surface area contributed by atoms with Crippen LogP contribution in [0.4, 0.5) is 16.2 Å². The Kier molecular flexibility index (Phi) is 5.84. The van der Waals surface area contributed by atoms with E-state index in [1.165, 1.54) is 55.3 Å². The van der Waals surface area contributed by atoms with E-state index in [1.807, 2.05) is 19.1 Å². The summed E-state index contributed by atoms with van der Waals surface area (Å²) in [6, 6.07) is 11.6. The molecule has 0 spiro atoms. The van der Waals surface area contributed by atoms with Gasteiger partial charge in [-0.05, 0) is 147 Å². The molecule has 5 fully saturated rings. The van der Waals surface area contributed by atoms with E-state index in [-0.39, 0.29) is 16.5 Å². The van der Waals surface area contributed by atoms with Crippen molar-refractivity contribution in [3.8, 4) is 0 Å². The Balaban J connectivity index is 1.19. The lowest BCUT2D eigenvalue weighted by Gasteiger charge is -2.57. The highest BCUT2D eigenvalue weighted by atomic mass is 16.2. The number of amides is 4. The highest BCUT2D eigenvalue weighted by Crippen LogP contribution is 2.60. The van der Waals surface area contributed by atoms with Crippen molar-refractivity contribution in [3.63, 3.8) is 0 Å². The molecule has 4 bridgehead atoms. The van der Waals surface area contributed by atoms with Crippen LogP contribution in [0.1, 0.15) is 93.9 Å². The molecule has 6 aliphatic rings. The van der Waals surface area contributed by atoms with E-state index < -0.39 is 17.8 Å². The number of nitrogens with one attached hydrogen (secondary N) is 1. The summed E-state index contributed by atoms with van der Waals surface area (Å²) in [5.74, 6) is 1.65. The zero-order valence-electron chi connectivity index (χ0n) is 24.9. The van der Waals surface area contributed by atoms with Crippen molar-refractivity contribution in [1.29, 1.82) is 0 Å². The zero-order chi connectivity index (χ0) is 28.8. The summed E-state index contributed by atoms with van der Waals surface area (Å²) in [6.07, 6.45) is 10.6. The largest absolute Gasteiger partial charge is 0.369 e. The van der Waals surface area contributed by atoms with Gasteiger partial charge in [0.1, 0.15) is 5.57 Å². The molecular formula is C35H41N3O3. The summed E-state index contributed by atoms with van der Waals surface area (Å²) < 4.78 is 0. The number of carbonyl (C=O) groups excluding carboxylic acids is 3. The number of aryl methyl sites for hydroxylation is 1. The van der Waals surface area contributed by atoms with E-state index in [0.29, 0.717) is 11.6 Å². The molecule has 1 atom stereocenters. The topological polar surface area (TPSA) is 69.7 Å². The molecule has 1 unspecified atom stereocenters. The molecule has 214 valence electrons. The fourth-order valence-electron chi connectivity index (χ4n) is 9.37. The van der Waals surface area contributed by atoms with Crippen LogP contribution in [-0.2, 0) is 15.0 Å². The first-order chi connectivity index (χ1) is 19.4. The van der Waals surface area contributed by atoms with Crippen LogP contribution in [0, 0.1) is 24.7 Å². The molecule has 1 N–H and O–H groups in total. The summed E-state index contributed by atoms with van der Waals surface area (Å²) in [5, 5.41) is 2.41. The van der Waals surface area contributed by atoms with Crippen molar-refractivity contribution in [2.24, 2.45) is 17.8 Å². The third-order valence-corrected chi connectivity index (χ3v) is 11.2. The first-order valence-corrected chi connectivity index (χ1v) is 15.3. The third kappa shape index (κ3) is 4.16. The number of carbonyl (C=O) groups is 3. The average Bonchev–Trinajstić information content (AvgIpc) is 2.89. The number of anilines is 2. The second-order valence-electron chi connectivity index (χ2n) is 14.4. The minimum Gasteiger partial charge on any atom is -0.369 e. The second kappa shape index (κ2) is 9.04. The molecule has 8 rings (SSSR count). The average molecular weight is 552 g/mol. The molecule has 1 saturated heterocycles. The molecule has 4 saturated carbocycles. The number of benzene rings is 2. The van der Waals surface area contributed by atoms with Gasteiger partial charge in [0, 0.05) is 18.3 Å². The van der Waals surface area contributed by atoms with Crippen molar-refractivity contribution in [2.75, 3.05) is 16.8 Å². The number of hydrogen-bond acceptors (Lipinski definition) is 4. The lowest BCUT2D eigenvalue weighted by atomic mass is 9.48. The first-order valence-electron chi connectivity index (χ1n) is 15.3. The summed E-state index contributed by atoms with van der Waals surface area (Å²) in [7, 11) is 2.12. The lowest BCUT2D eigenvalue weighted by Crippen LogP contribution is -2.54. The van der Waals surface area contributed by atoms with E-state index in [2.05, 4.69) is 62.3 Å². The van der Waals surface area contributed by atoms with Gasteiger partial charge in [-0.25, -0.2) is 9.69 Å². The highest BCUT2D eigenvalue weighted by molar-refractivity contribution is 6.39. The Hall–Kier alpha value is -3.41. The van der Waals surface area contributed by atoms with Gasteiger partial charge in [-0.1, -0.05) is 19.1 Å². The van der Waals surface area contributed by atoms with Crippen molar-refractivity contribution in [2.45, 2.75) is 89.5 Å².